The zero-order valence-electron chi connectivity index (χ0n) is 11.3. The van der Waals surface area contributed by atoms with Gasteiger partial charge < -0.3 is 0 Å². The molecule has 0 unspecified atom stereocenters. The van der Waals surface area contributed by atoms with E-state index < -0.39 is 0 Å². The summed E-state index contributed by atoms with van der Waals surface area (Å²) in [7, 11) is 0. The molecular formula is C15H18ClFN2O. The van der Waals surface area contributed by atoms with Gasteiger partial charge in [-0.05, 0) is 42.9 Å². The molecule has 0 atom stereocenters. The van der Waals surface area contributed by atoms with E-state index in [9.17, 15) is 9.18 Å². The smallest absolute Gasteiger partial charge is 0.236 e. The van der Waals surface area contributed by atoms with Crippen molar-refractivity contribution in [3.8, 4) is 0 Å². The lowest BCUT2D eigenvalue weighted by atomic mass is 9.89. The topological polar surface area (TPSA) is 23.6 Å². The summed E-state index contributed by atoms with van der Waals surface area (Å²) in [4.78, 5) is 11.7. The molecule has 0 N–H and O–H groups in total. The van der Waals surface area contributed by atoms with Crippen LogP contribution in [0.3, 0.4) is 0 Å². The van der Waals surface area contributed by atoms with Gasteiger partial charge in [0.05, 0.1) is 0 Å². The molecule has 1 aromatic rings. The minimum Gasteiger partial charge on any atom is -0.275 e. The molecule has 20 heavy (non-hydrogen) atoms. The summed E-state index contributed by atoms with van der Waals surface area (Å²) in [6.45, 7) is 2.47. The number of nitrogens with zero attached hydrogens (tertiary/aromatic N) is 2. The second-order valence-electron chi connectivity index (χ2n) is 5.51. The predicted octanol–water partition coefficient (Wildman–Crippen LogP) is 3.20. The molecule has 3 rings (SSSR count). The van der Waals surface area contributed by atoms with Gasteiger partial charge in [-0.2, -0.15) is 0 Å². The molecule has 0 bridgehead atoms. The van der Waals surface area contributed by atoms with Crippen LogP contribution in [0.15, 0.2) is 18.2 Å². The number of carbonyl (C=O) groups is 1. The molecule has 2 fully saturated rings. The van der Waals surface area contributed by atoms with Gasteiger partial charge >= 0.3 is 0 Å². The van der Waals surface area contributed by atoms with Crippen molar-refractivity contribution >= 4 is 17.5 Å². The van der Waals surface area contributed by atoms with Gasteiger partial charge in [-0.1, -0.05) is 17.7 Å². The van der Waals surface area contributed by atoms with E-state index in [1.54, 1.807) is 12.1 Å². The number of hydrogen-bond acceptors (Lipinski definition) is 2. The van der Waals surface area contributed by atoms with E-state index in [-0.39, 0.29) is 17.6 Å². The SMILES string of the molecule is O=C1CCCN1N1CCC(c2ccc(Cl)cc2F)CC1. The lowest BCUT2D eigenvalue weighted by Crippen LogP contribution is -2.47. The highest BCUT2D eigenvalue weighted by atomic mass is 35.5. The van der Waals surface area contributed by atoms with Crippen LogP contribution in [0.1, 0.15) is 37.2 Å². The molecule has 2 aliphatic rings. The van der Waals surface area contributed by atoms with Crippen LogP contribution in [0.5, 0.6) is 0 Å². The first kappa shape index (κ1) is 13.8. The number of hydrogen-bond donors (Lipinski definition) is 0. The van der Waals surface area contributed by atoms with E-state index >= 15 is 0 Å². The van der Waals surface area contributed by atoms with Crippen molar-refractivity contribution < 1.29 is 9.18 Å². The zero-order chi connectivity index (χ0) is 14.1. The molecule has 0 aromatic heterocycles. The molecule has 2 saturated heterocycles. The molecule has 2 heterocycles. The van der Waals surface area contributed by atoms with Gasteiger partial charge in [-0.15, -0.1) is 0 Å². The monoisotopic (exact) mass is 296 g/mol. The van der Waals surface area contributed by atoms with Crippen LogP contribution in [0.4, 0.5) is 4.39 Å². The second kappa shape index (κ2) is 5.70. The average molecular weight is 297 g/mol. The molecular weight excluding hydrogens is 279 g/mol. The first-order chi connectivity index (χ1) is 9.65. The van der Waals surface area contributed by atoms with Crippen molar-refractivity contribution in [1.29, 1.82) is 0 Å². The normalized spacial score (nSPS) is 21.7. The Morgan fingerprint density at radius 2 is 1.95 bits per heavy atom. The van der Waals surface area contributed by atoms with Gasteiger partial charge in [0.2, 0.25) is 5.91 Å². The fourth-order valence-electron chi connectivity index (χ4n) is 3.18. The highest BCUT2D eigenvalue weighted by molar-refractivity contribution is 6.30. The van der Waals surface area contributed by atoms with Crippen molar-refractivity contribution in [1.82, 2.24) is 10.0 Å². The van der Waals surface area contributed by atoms with Crippen LogP contribution < -0.4 is 0 Å². The fourth-order valence-corrected chi connectivity index (χ4v) is 3.34. The van der Waals surface area contributed by atoms with Crippen molar-refractivity contribution in [3.63, 3.8) is 0 Å². The Morgan fingerprint density at radius 1 is 1.20 bits per heavy atom. The van der Waals surface area contributed by atoms with Crippen LogP contribution >= 0.6 is 11.6 Å². The highest BCUT2D eigenvalue weighted by Crippen LogP contribution is 2.32. The Hall–Kier alpha value is -1.13. The standard InChI is InChI=1S/C15H18ClFN2O/c16-12-3-4-13(14(17)10-12)11-5-8-18(9-6-11)19-7-1-2-15(19)20/h3-4,10-11H,1-2,5-9H2. The van der Waals surface area contributed by atoms with E-state index in [4.69, 9.17) is 11.6 Å². The van der Waals surface area contributed by atoms with E-state index in [0.717, 1.165) is 44.5 Å². The number of benzene rings is 1. The summed E-state index contributed by atoms with van der Waals surface area (Å²) in [5.74, 6) is 0.232. The van der Waals surface area contributed by atoms with Crippen LogP contribution in [-0.2, 0) is 4.79 Å². The van der Waals surface area contributed by atoms with Crippen LogP contribution in [-0.4, -0.2) is 35.6 Å². The van der Waals surface area contributed by atoms with Gasteiger partial charge in [-0.3, -0.25) is 9.80 Å². The summed E-state index contributed by atoms with van der Waals surface area (Å²) in [5, 5.41) is 4.43. The maximum atomic E-state index is 13.9. The van der Waals surface area contributed by atoms with Crippen molar-refractivity contribution in [2.45, 2.75) is 31.6 Å². The molecule has 3 nitrogen and oxygen atoms in total. The molecule has 5 heteroatoms. The first-order valence-corrected chi connectivity index (χ1v) is 7.53. The van der Waals surface area contributed by atoms with Gasteiger partial charge in [0.25, 0.3) is 0 Å². The van der Waals surface area contributed by atoms with Crippen molar-refractivity contribution in [2.75, 3.05) is 19.6 Å². The number of piperidine rings is 1. The van der Waals surface area contributed by atoms with Gasteiger partial charge in [0, 0.05) is 31.1 Å². The molecule has 0 saturated carbocycles. The lowest BCUT2D eigenvalue weighted by molar-refractivity contribution is -0.145. The maximum absolute atomic E-state index is 13.9. The minimum absolute atomic E-state index is 0.215. The summed E-state index contributed by atoms with van der Waals surface area (Å²) in [5.41, 5.74) is 0.752. The third-order valence-electron chi connectivity index (χ3n) is 4.26. The lowest BCUT2D eigenvalue weighted by Gasteiger charge is -2.37. The van der Waals surface area contributed by atoms with Crippen LogP contribution in [0.25, 0.3) is 0 Å². The number of rotatable bonds is 2. The zero-order valence-corrected chi connectivity index (χ0v) is 12.1. The van der Waals surface area contributed by atoms with E-state index in [1.165, 1.54) is 6.07 Å². The summed E-state index contributed by atoms with van der Waals surface area (Å²) >= 11 is 5.79. The molecule has 1 aromatic carbocycles. The van der Waals surface area contributed by atoms with Crippen molar-refractivity contribution in [2.24, 2.45) is 0 Å². The Kier molecular flexibility index (Phi) is 3.94. The largest absolute Gasteiger partial charge is 0.275 e. The first-order valence-electron chi connectivity index (χ1n) is 7.15. The fraction of sp³-hybridized carbons (Fsp3) is 0.533. The van der Waals surface area contributed by atoms with Gasteiger partial charge in [0.1, 0.15) is 5.82 Å². The van der Waals surface area contributed by atoms with Gasteiger partial charge in [-0.25, -0.2) is 9.40 Å². The van der Waals surface area contributed by atoms with E-state index in [1.807, 2.05) is 5.01 Å². The van der Waals surface area contributed by atoms with Crippen LogP contribution in [0, 0.1) is 5.82 Å². The van der Waals surface area contributed by atoms with Gasteiger partial charge in [0.15, 0.2) is 0 Å². The summed E-state index contributed by atoms with van der Waals surface area (Å²) in [6, 6.07) is 4.92. The number of hydrazine groups is 1. The second-order valence-corrected chi connectivity index (χ2v) is 5.95. The van der Waals surface area contributed by atoms with Crippen LogP contribution in [0.2, 0.25) is 5.02 Å². The molecule has 0 radical (unpaired) electrons. The average Bonchev–Trinajstić information content (AvgIpc) is 2.85. The number of carbonyl (C=O) groups excluding carboxylic acids is 1. The number of halogens is 2. The molecule has 1 amide bonds. The van der Waals surface area contributed by atoms with Crippen molar-refractivity contribution in [3.05, 3.63) is 34.6 Å². The Labute approximate surface area is 123 Å². The minimum atomic E-state index is -0.215. The Morgan fingerprint density at radius 3 is 2.55 bits per heavy atom. The molecule has 2 aliphatic heterocycles. The quantitative estimate of drug-likeness (QED) is 0.837. The van der Waals surface area contributed by atoms with E-state index in [0.29, 0.717) is 11.4 Å². The molecule has 108 valence electrons. The molecule has 0 aliphatic carbocycles. The maximum Gasteiger partial charge on any atom is 0.236 e. The predicted molar refractivity (Wildman–Crippen MR) is 75.9 cm³/mol. The third-order valence-corrected chi connectivity index (χ3v) is 4.50. The number of amides is 1. The van der Waals surface area contributed by atoms with E-state index in [2.05, 4.69) is 5.01 Å². The summed E-state index contributed by atoms with van der Waals surface area (Å²) in [6.07, 6.45) is 3.36. The Balaban J connectivity index is 1.65. The highest BCUT2D eigenvalue weighted by Gasteiger charge is 2.30. The third kappa shape index (κ3) is 2.67. The Bertz CT molecular complexity index is 515. The molecule has 0 spiro atoms. The summed E-state index contributed by atoms with van der Waals surface area (Å²) < 4.78 is 13.9.